The Hall–Kier alpha value is -1.30. The molecule has 11 unspecified atom stereocenters. The Morgan fingerprint density at radius 1 is 0.583 bits per heavy atom. The van der Waals surface area contributed by atoms with E-state index in [4.69, 9.17) is 9.84 Å². The molecule has 1 aliphatic carbocycles. The van der Waals surface area contributed by atoms with Crippen molar-refractivity contribution in [1.82, 2.24) is 0 Å². The molecule has 0 aromatic heterocycles. The van der Waals surface area contributed by atoms with E-state index >= 15 is 0 Å². The zero-order chi connectivity index (χ0) is 28.7. The van der Waals surface area contributed by atoms with Crippen molar-refractivity contribution in [2.24, 2.45) is 39.9 Å². The van der Waals surface area contributed by atoms with Crippen LogP contribution >= 0.6 is 0 Å². The van der Waals surface area contributed by atoms with Gasteiger partial charge < -0.3 is 40.5 Å². The van der Waals surface area contributed by atoms with Gasteiger partial charge in [-0.25, -0.2) is 4.79 Å². The second-order valence-electron chi connectivity index (χ2n) is 13.6. The molecule has 10 nitrogen and oxygen atoms in total. The van der Waals surface area contributed by atoms with Crippen molar-refractivity contribution < 1.29 is 50.1 Å². The van der Waals surface area contributed by atoms with Crippen LogP contribution in [0.5, 0.6) is 0 Å². The number of aliphatic hydroxyl groups is 5. The smallest absolute Gasteiger partial charge is 0.335 e. The SMILES string of the molecule is CC(C)(C)C1C(O)C(O)C(O)C(C(=O)O)C1C(C)(C)C.CC1C(O)C(O)C(C(=O)O)OC1C(C)(C)C. The highest BCUT2D eigenvalue weighted by Gasteiger charge is 2.58. The number of carboxylic acid groups (broad SMARTS) is 2. The average molecular weight is 521 g/mol. The van der Waals surface area contributed by atoms with Crippen LogP contribution < -0.4 is 0 Å². The van der Waals surface area contributed by atoms with Crippen LogP contribution in [0.15, 0.2) is 0 Å². The van der Waals surface area contributed by atoms with Gasteiger partial charge in [0.1, 0.15) is 12.2 Å². The van der Waals surface area contributed by atoms with Gasteiger partial charge in [-0.2, -0.15) is 0 Å². The number of aliphatic carboxylic acids is 2. The molecule has 0 radical (unpaired) electrons. The summed E-state index contributed by atoms with van der Waals surface area (Å²) in [4.78, 5) is 22.5. The molecule has 1 saturated carbocycles. The number of ether oxygens (including phenoxy) is 1. The third-order valence-corrected chi connectivity index (χ3v) is 7.56. The second-order valence-corrected chi connectivity index (χ2v) is 13.6. The fraction of sp³-hybridized carbons (Fsp3) is 0.923. The molecule has 36 heavy (non-hydrogen) atoms. The minimum atomic E-state index is -1.45. The Balaban J connectivity index is 0.000000369. The maximum absolute atomic E-state index is 11.6. The minimum Gasteiger partial charge on any atom is -0.481 e. The van der Waals surface area contributed by atoms with Gasteiger partial charge in [0.15, 0.2) is 6.10 Å². The molecular weight excluding hydrogens is 472 g/mol. The normalized spacial score (nSPS) is 40.1. The van der Waals surface area contributed by atoms with E-state index in [0.29, 0.717) is 0 Å². The number of carbonyl (C=O) groups is 2. The molecule has 1 saturated heterocycles. The summed E-state index contributed by atoms with van der Waals surface area (Å²) < 4.78 is 5.40. The lowest BCUT2D eigenvalue weighted by Crippen LogP contribution is -2.63. The molecule has 11 atom stereocenters. The highest BCUT2D eigenvalue weighted by atomic mass is 16.5. The molecule has 0 amide bonds. The van der Waals surface area contributed by atoms with Crippen molar-refractivity contribution in [2.45, 2.75) is 112 Å². The first kappa shape index (κ1) is 32.7. The standard InChI is InChI=1S/C15H28O5.C11H20O5/c1-14(2,3)8-7(13(19)20)10(16)12(18)11(17)9(8)15(4,5)6;1-5-6(12)7(13)8(10(14)15)16-9(5)11(2,3)4/h7-12,16-18H,1-6H3,(H,19,20);5-9,12-13H,1-4H3,(H,14,15). The molecule has 2 fully saturated rings. The summed E-state index contributed by atoms with van der Waals surface area (Å²) in [5, 5.41) is 68.3. The van der Waals surface area contributed by atoms with Gasteiger partial charge in [-0.1, -0.05) is 69.2 Å². The summed E-state index contributed by atoms with van der Waals surface area (Å²) in [7, 11) is 0. The van der Waals surface area contributed by atoms with Gasteiger partial charge in [0.2, 0.25) is 0 Å². The Morgan fingerprint density at radius 2 is 1.03 bits per heavy atom. The zero-order valence-corrected chi connectivity index (χ0v) is 23.2. The fourth-order valence-electron chi connectivity index (χ4n) is 5.93. The molecule has 0 spiro atoms. The maximum Gasteiger partial charge on any atom is 0.335 e. The van der Waals surface area contributed by atoms with E-state index in [2.05, 4.69) is 0 Å². The van der Waals surface area contributed by atoms with Crippen molar-refractivity contribution >= 4 is 11.9 Å². The molecule has 7 N–H and O–H groups in total. The zero-order valence-electron chi connectivity index (χ0n) is 23.2. The number of aliphatic hydroxyl groups excluding tert-OH is 5. The van der Waals surface area contributed by atoms with Crippen molar-refractivity contribution in [3.8, 4) is 0 Å². The lowest BCUT2D eigenvalue weighted by molar-refractivity contribution is -0.226. The van der Waals surface area contributed by atoms with E-state index in [1.165, 1.54) is 0 Å². The number of carboxylic acids is 2. The van der Waals surface area contributed by atoms with Crippen LogP contribution in [0.4, 0.5) is 0 Å². The van der Waals surface area contributed by atoms with Crippen LogP contribution in [0.25, 0.3) is 0 Å². The molecule has 1 heterocycles. The van der Waals surface area contributed by atoms with Crippen LogP contribution in [0.3, 0.4) is 0 Å². The molecule has 0 aromatic carbocycles. The van der Waals surface area contributed by atoms with Gasteiger partial charge in [-0.3, -0.25) is 4.79 Å². The first-order valence-electron chi connectivity index (χ1n) is 12.5. The molecule has 2 rings (SSSR count). The van der Waals surface area contributed by atoms with Crippen LogP contribution in [-0.2, 0) is 14.3 Å². The lowest BCUT2D eigenvalue weighted by Gasteiger charge is -2.54. The van der Waals surface area contributed by atoms with Crippen molar-refractivity contribution in [1.29, 1.82) is 0 Å². The molecular formula is C26H48O10. The predicted molar refractivity (Wildman–Crippen MR) is 132 cm³/mol. The van der Waals surface area contributed by atoms with Crippen LogP contribution in [0, 0.1) is 39.9 Å². The second kappa shape index (κ2) is 11.2. The monoisotopic (exact) mass is 520 g/mol. The minimum absolute atomic E-state index is 0.283. The number of hydrogen-bond donors (Lipinski definition) is 7. The molecule has 10 heteroatoms. The van der Waals surface area contributed by atoms with E-state index in [0.717, 1.165) is 0 Å². The molecule has 0 aromatic rings. The van der Waals surface area contributed by atoms with Gasteiger partial charge in [0.25, 0.3) is 0 Å². The largest absolute Gasteiger partial charge is 0.481 e. The summed E-state index contributed by atoms with van der Waals surface area (Å²) >= 11 is 0. The third kappa shape index (κ3) is 6.96. The van der Waals surface area contributed by atoms with Crippen LogP contribution in [0.1, 0.15) is 69.2 Å². The Bertz CT molecular complexity index is 762. The van der Waals surface area contributed by atoms with Crippen molar-refractivity contribution in [3.05, 3.63) is 0 Å². The lowest BCUT2D eigenvalue weighted by atomic mass is 9.53. The maximum atomic E-state index is 11.6. The van der Waals surface area contributed by atoms with E-state index < -0.39 is 77.8 Å². The summed E-state index contributed by atoms with van der Waals surface area (Å²) in [5.41, 5.74) is -1.08. The topological polar surface area (TPSA) is 185 Å². The van der Waals surface area contributed by atoms with Gasteiger partial charge in [0, 0.05) is 5.92 Å². The van der Waals surface area contributed by atoms with Gasteiger partial charge in [0.05, 0.1) is 30.3 Å². The fourth-order valence-corrected chi connectivity index (χ4v) is 5.93. The first-order valence-corrected chi connectivity index (χ1v) is 12.5. The Kier molecular flexibility index (Phi) is 10.2. The van der Waals surface area contributed by atoms with E-state index in [9.17, 15) is 40.2 Å². The predicted octanol–water partition coefficient (Wildman–Crippen LogP) is 1.35. The van der Waals surface area contributed by atoms with E-state index in [1.54, 1.807) is 6.92 Å². The highest BCUT2D eigenvalue weighted by molar-refractivity contribution is 5.73. The Morgan fingerprint density at radius 3 is 1.36 bits per heavy atom. The quantitative estimate of drug-likeness (QED) is 0.280. The van der Waals surface area contributed by atoms with Crippen LogP contribution in [0.2, 0.25) is 0 Å². The number of rotatable bonds is 2. The highest BCUT2D eigenvalue weighted by Crippen LogP contribution is 2.52. The third-order valence-electron chi connectivity index (χ3n) is 7.56. The molecule has 1 aliphatic heterocycles. The number of hydrogen-bond acceptors (Lipinski definition) is 8. The summed E-state index contributed by atoms with van der Waals surface area (Å²) in [6.45, 7) is 19.0. The van der Waals surface area contributed by atoms with Crippen molar-refractivity contribution in [3.63, 3.8) is 0 Å². The molecule has 212 valence electrons. The van der Waals surface area contributed by atoms with Gasteiger partial charge in [-0.05, 0) is 28.1 Å². The van der Waals surface area contributed by atoms with Crippen LogP contribution in [-0.4, -0.2) is 90.4 Å². The Labute approximate surface area is 214 Å². The van der Waals surface area contributed by atoms with Crippen molar-refractivity contribution in [2.75, 3.05) is 0 Å². The molecule has 0 bridgehead atoms. The summed E-state index contributed by atoms with van der Waals surface area (Å²) in [5.74, 6) is -4.61. The summed E-state index contributed by atoms with van der Waals surface area (Å²) in [6, 6.07) is 0. The summed E-state index contributed by atoms with van der Waals surface area (Å²) in [6.07, 6.45) is -8.21. The van der Waals surface area contributed by atoms with E-state index in [1.807, 2.05) is 62.3 Å². The van der Waals surface area contributed by atoms with Gasteiger partial charge >= 0.3 is 11.9 Å². The first-order chi connectivity index (χ1) is 16.0. The van der Waals surface area contributed by atoms with E-state index in [-0.39, 0.29) is 16.7 Å². The van der Waals surface area contributed by atoms with Gasteiger partial charge in [-0.15, -0.1) is 0 Å². The average Bonchev–Trinajstić information content (AvgIpc) is 2.67. The molecule has 2 aliphatic rings.